The maximum Gasteiger partial charge on any atom is 0.136 e. The van der Waals surface area contributed by atoms with Crippen LogP contribution < -0.4 is 0 Å². The Hall–Kier alpha value is -8.50. The molecule has 12 aromatic carbocycles. The molecule has 0 aliphatic heterocycles. The van der Waals surface area contributed by atoms with Crippen LogP contribution >= 0.6 is 11.3 Å². The highest BCUT2D eigenvalue weighted by molar-refractivity contribution is 7.26. The van der Waals surface area contributed by atoms with Crippen molar-refractivity contribution in [3.63, 3.8) is 0 Å². The van der Waals surface area contributed by atoms with E-state index in [2.05, 4.69) is 206 Å². The summed E-state index contributed by atoms with van der Waals surface area (Å²) in [5, 5.41) is 16.9. The Bertz CT molecular complexity index is 4470. The van der Waals surface area contributed by atoms with Gasteiger partial charge in [0.1, 0.15) is 22.3 Å². The summed E-state index contributed by atoms with van der Waals surface area (Å²) >= 11 is 1.88. The van der Waals surface area contributed by atoms with Crippen LogP contribution in [0.1, 0.15) is 0 Å². The zero-order valence-corrected chi connectivity index (χ0v) is 36.8. The van der Waals surface area contributed by atoms with E-state index in [4.69, 9.17) is 8.83 Å². The minimum Gasteiger partial charge on any atom is -0.456 e. The van der Waals surface area contributed by atoms with Crippen molar-refractivity contribution in [1.29, 1.82) is 0 Å². The predicted molar refractivity (Wildman–Crippen MR) is 286 cm³/mol. The van der Waals surface area contributed by atoms with Crippen molar-refractivity contribution in [1.82, 2.24) is 0 Å². The Morgan fingerprint density at radius 1 is 0.239 bits per heavy atom. The molecular formula is C64H36O2S. The van der Waals surface area contributed by atoms with Gasteiger partial charge in [-0.15, -0.1) is 11.3 Å². The van der Waals surface area contributed by atoms with Crippen molar-refractivity contribution in [2.45, 2.75) is 0 Å². The van der Waals surface area contributed by atoms with E-state index in [9.17, 15) is 0 Å². The highest BCUT2D eigenvalue weighted by Gasteiger charge is 2.23. The molecular weight excluding hydrogens is 833 g/mol. The van der Waals surface area contributed by atoms with Gasteiger partial charge in [0.15, 0.2) is 0 Å². The van der Waals surface area contributed by atoms with Gasteiger partial charge in [-0.05, 0) is 142 Å². The standard InChI is InChI=1S/C64H36O2S/c1-3-18-46-44(16-1)60(45-17-2-4-19-47(45)61(46)38-28-31-42-40-14-9-11-25-54(40)65-56(42)35-38)37-30-33-58-53(34-37)64-52(24-13-27-59(64)67-58)63-50-22-7-5-20-48(50)62(49-21-6-8-23-51(49)63)39-29-32-43-41-15-10-12-26-55(41)66-57(43)36-39/h1-36H. The first-order valence-corrected chi connectivity index (χ1v) is 23.7. The molecule has 15 aromatic rings. The van der Waals surface area contributed by atoms with Crippen molar-refractivity contribution in [2.24, 2.45) is 0 Å². The molecule has 0 saturated heterocycles. The molecule has 0 saturated carbocycles. The SMILES string of the molecule is c1ccc2c(c1)oc1cc(-c3c4ccccc4c(-c4ccc5sc6cccc(-c7c8ccccc8c(-c8ccc9c(c8)oc8ccccc89)c8ccccc78)c6c5c4)c4ccccc34)ccc12. The highest BCUT2D eigenvalue weighted by Crippen LogP contribution is 2.50. The van der Waals surface area contributed by atoms with E-state index in [0.717, 1.165) is 55.0 Å². The van der Waals surface area contributed by atoms with Crippen LogP contribution in [0.15, 0.2) is 227 Å². The molecule has 0 bridgehead atoms. The molecule has 2 nitrogen and oxygen atoms in total. The normalized spacial score (nSPS) is 12.2. The van der Waals surface area contributed by atoms with E-state index in [1.165, 1.54) is 96.6 Å². The average Bonchev–Trinajstić information content (AvgIpc) is 4.07. The van der Waals surface area contributed by atoms with Gasteiger partial charge in [-0.1, -0.05) is 164 Å². The first-order valence-electron chi connectivity index (χ1n) is 22.9. The molecule has 0 fully saturated rings. The van der Waals surface area contributed by atoms with Crippen LogP contribution in [0.2, 0.25) is 0 Å². The zero-order chi connectivity index (χ0) is 43.7. The fraction of sp³-hybridized carbons (Fsp3) is 0. The second kappa shape index (κ2) is 14.0. The summed E-state index contributed by atoms with van der Waals surface area (Å²) < 4.78 is 15.4. The molecule has 0 radical (unpaired) electrons. The molecule has 0 aliphatic rings. The Kier molecular flexibility index (Phi) is 7.69. The Morgan fingerprint density at radius 3 is 1.07 bits per heavy atom. The third-order valence-corrected chi connectivity index (χ3v) is 15.4. The lowest BCUT2D eigenvalue weighted by molar-refractivity contribution is 0.668. The van der Waals surface area contributed by atoms with Crippen LogP contribution in [0, 0.1) is 0 Å². The Labute approximate surface area is 388 Å². The van der Waals surface area contributed by atoms with Crippen molar-refractivity contribution in [2.75, 3.05) is 0 Å². The van der Waals surface area contributed by atoms with E-state index in [1.807, 2.05) is 23.5 Å². The van der Waals surface area contributed by atoms with Gasteiger partial charge in [0.05, 0.1) is 0 Å². The summed E-state index contributed by atoms with van der Waals surface area (Å²) in [7, 11) is 0. The molecule has 0 N–H and O–H groups in total. The number of hydrogen-bond donors (Lipinski definition) is 0. The number of furan rings is 2. The number of thiophene rings is 1. The number of rotatable bonds is 4. The van der Waals surface area contributed by atoms with E-state index in [0.29, 0.717) is 0 Å². The largest absolute Gasteiger partial charge is 0.456 e. The molecule has 0 amide bonds. The molecule has 3 heteroatoms. The number of hydrogen-bond acceptors (Lipinski definition) is 3. The van der Waals surface area contributed by atoms with Crippen molar-refractivity contribution in [3.05, 3.63) is 218 Å². The Morgan fingerprint density at radius 2 is 0.612 bits per heavy atom. The van der Waals surface area contributed by atoms with Gasteiger partial charge in [0.25, 0.3) is 0 Å². The van der Waals surface area contributed by atoms with Crippen LogP contribution in [-0.2, 0) is 0 Å². The number of benzene rings is 12. The third-order valence-electron chi connectivity index (χ3n) is 14.3. The van der Waals surface area contributed by atoms with Gasteiger partial charge >= 0.3 is 0 Å². The molecule has 0 unspecified atom stereocenters. The van der Waals surface area contributed by atoms with E-state index >= 15 is 0 Å². The summed E-state index contributed by atoms with van der Waals surface area (Å²) in [5.41, 5.74) is 13.3. The number of para-hydroxylation sites is 2. The quantitative estimate of drug-likeness (QED) is 0.165. The second-order valence-corrected chi connectivity index (χ2v) is 18.9. The zero-order valence-electron chi connectivity index (χ0n) is 36.0. The lowest BCUT2D eigenvalue weighted by Gasteiger charge is -2.19. The van der Waals surface area contributed by atoms with Crippen molar-refractivity contribution in [3.8, 4) is 44.5 Å². The topological polar surface area (TPSA) is 26.3 Å². The molecule has 3 aromatic heterocycles. The average molecular weight is 869 g/mol. The molecule has 67 heavy (non-hydrogen) atoms. The molecule has 0 atom stereocenters. The first kappa shape index (κ1) is 36.8. The van der Waals surface area contributed by atoms with Gasteiger partial charge in [-0.2, -0.15) is 0 Å². The fourth-order valence-corrected chi connectivity index (χ4v) is 12.5. The Balaban J connectivity index is 0.961. The van der Waals surface area contributed by atoms with Crippen LogP contribution in [0.25, 0.3) is 152 Å². The van der Waals surface area contributed by atoms with Gasteiger partial charge in [-0.3, -0.25) is 0 Å². The van der Waals surface area contributed by atoms with E-state index < -0.39 is 0 Å². The van der Waals surface area contributed by atoms with Gasteiger partial charge in [0.2, 0.25) is 0 Å². The van der Waals surface area contributed by atoms with Crippen molar-refractivity contribution < 1.29 is 8.83 Å². The van der Waals surface area contributed by atoms with Crippen LogP contribution in [-0.4, -0.2) is 0 Å². The molecule has 0 aliphatic carbocycles. The minimum absolute atomic E-state index is 0.903. The highest BCUT2D eigenvalue weighted by atomic mass is 32.1. The van der Waals surface area contributed by atoms with E-state index in [1.54, 1.807) is 0 Å². The molecule has 3 heterocycles. The summed E-state index contributed by atoms with van der Waals surface area (Å²) in [5.74, 6) is 0. The first-order chi connectivity index (χ1) is 33.2. The summed E-state index contributed by atoms with van der Waals surface area (Å²) in [6.45, 7) is 0. The molecule has 15 rings (SSSR count). The van der Waals surface area contributed by atoms with Gasteiger partial charge in [0, 0.05) is 41.7 Å². The van der Waals surface area contributed by atoms with Crippen LogP contribution in [0.4, 0.5) is 0 Å². The predicted octanol–water partition coefficient (Wildman–Crippen LogP) is 19.1. The lowest BCUT2D eigenvalue weighted by atomic mass is 9.84. The summed E-state index contributed by atoms with van der Waals surface area (Å²) in [4.78, 5) is 0. The van der Waals surface area contributed by atoms with Gasteiger partial charge in [-0.25, -0.2) is 0 Å². The van der Waals surface area contributed by atoms with Crippen molar-refractivity contribution >= 4 is 118 Å². The third kappa shape index (κ3) is 5.32. The van der Waals surface area contributed by atoms with Gasteiger partial charge < -0.3 is 8.83 Å². The fourth-order valence-electron chi connectivity index (χ4n) is 11.4. The minimum atomic E-state index is 0.903. The lowest BCUT2D eigenvalue weighted by Crippen LogP contribution is -1.91. The monoisotopic (exact) mass is 868 g/mol. The van der Waals surface area contributed by atoms with Crippen LogP contribution in [0.5, 0.6) is 0 Å². The maximum atomic E-state index is 6.45. The van der Waals surface area contributed by atoms with Crippen LogP contribution in [0.3, 0.4) is 0 Å². The van der Waals surface area contributed by atoms with E-state index in [-0.39, 0.29) is 0 Å². The maximum absolute atomic E-state index is 6.45. The summed E-state index contributed by atoms with van der Waals surface area (Å²) in [6, 6.07) is 79.9. The molecule has 310 valence electrons. The number of fused-ring (bicyclic) bond motifs is 13. The second-order valence-electron chi connectivity index (χ2n) is 17.8. The summed E-state index contributed by atoms with van der Waals surface area (Å²) in [6.07, 6.45) is 0. The molecule has 0 spiro atoms. The smallest absolute Gasteiger partial charge is 0.136 e.